The van der Waals surface area contributed by atoms with Gasteiger partial charge in [-0.3, -0.25) is 9.59 Å². The Balaban J connectivity index is 1.21. The van der Waals surface area contributed by atoms with Gasteiger partial charge in [-0.15, -0.1) is 21.5 Å². The van der Waals surface area contributed by atoms with Crippen LogP contribution >= 0.6 is 23.1 Å². The van der Waals surface area contributed by atoms with Gasteiger partial charge in [-0.2, -0.15) is 5.10 Å². The summed E-state index contributed by atoms with van der Waals surface area (Å²) in [6.45, 7) is 2.69. The van der Waals surface area contributed by atoms with Gasteiger partial charge in [0.05, 0.1) is 48.1 Å². The van der Waals surface area contributed by atoms with E-state index in [1.54, 1.807) is 34.5 Å². The Kier molecular flexibility index (Phi) is 9.37. The third kappa shape index (κ3) is 7.00. The Bertz CT molecular complexity index is 1800. The molecule has 0 saturated heterocycles. The molecule has 228 valence electrons. The minimum Gasteiger partial charge on any atom is -0.496 e. The number of rotatable bonds is 11. The van der Waals surface area contributed by atoms with E-state index in [-0.39, 0.29) is 30.2 Å². The van der Waals surface area contributed by atoms with Crippen LogP contribution < -0.4 is 10.1 Å². The van der Waals surface area contributed by atoms with Gasteiger partial charge >= 0.3 is 0 Å². The molecule has 1 aliphatic heterocycles. The molecular weight excluding hydrogens is 605 g/mol. The number of amides is 2. The van der Waals surface area contributed by atoms with Crippen LogP contribution in [0.3, 0.4) is 0 Å². The number of nitrogens with one attached hydrogen (secondary N) is 1. The number of benzene rings is 3. The molecule has 1 atom stereocenters. The monoisotopic (exact) mass is 636 g/mol. The molecule has 1 aliphatic rings. The van der Waals surface area contributed by atoms with Crippen molar-refractivity contribution in [1.82, 2.24) is 25.1 Å². The minimum atomic E-state index is -0.276. The average Bonchev–Trinajstić information content (AvgIpc) is 3.84. The van der Waals surface area contributed by atoms with Gasteiger partial charge < -0.3 is 14.6 Å². The highest BCUT2D eigenvalue weighted by molar-refractivity contribution is 7.99. The second kappa shape index (κ2) is 13.9. The van der Waals surface area contributed by atoms with Crippen LogP contribution in [-0.2, 0) is 17.9 Å². The normalized spacial score (nSPS) is 14.3. The predicted octanol–water partition coefficient (Wildman–Crippen LogP) is 6.10. The number of hydrogen-bond acceptors (Lipinski definition) is 8. The molecule has 0 fully saturated rings. The molecule has 0 saturated carbocycles. The van der Waals surface area contributed by atoms with Gasteiger partial charge in [0.1, 0.15) is 5.75 Å². The quantitative estimate of drug-likeness (QED) is 0.176. The second-order valence-electron chi connectivity index (χ2n) is 10.5. The molecule has 11 heteroatoms. The number of thioether (sulfide) groups is 1. The van der Waals surface area contributed by atoms with E-state index < -0.39 is 0 Å². The predicted molar refractivity (Wildman–Crippen MR) is 177 cm³/mol. The number of hydrazone groups is 1. The van der Waals surface area contributed by atoms with Gasteiger partial charge in [-0.25, -0.2) is 5.01 Å². The number of thiophene rings is 1. The summed E-state index contributed by atoms with van der Waals surface area (Å²) in [5.74, 6) is 0.809. The van der Waals surface area contributed by atoms with Crippen LogP contribution in [0.25, 0.3) is 0 Å². The van der Waals surface area contributed by atoms with Crippen molar-refractivity contribution >= 4 is 40.6 Å². The zero-order valence-electron chi connectivity index (χ0n) is 24.9. The Labute approximate surface area is 270 Å². The SMILES string of the molecule is COc1ccccc1C(=O)NCc1nnc(SCC(=O)N2N=C(c3cccs3)C[C@H]2c2ccc(C)cc2)n1Cc1ccccc1. The fourth-order valence-electron chi connectivity index (χ4n) is 5.14. The summed E-state index contributed by atoms with van der Waals surface area (Å²) in [7, 11) is 1.53. The summed E-state index contributed by atoms with van der Waals surface area (Å²) in [4.78, 5) is 27.8. The van der Waals surface area contributed by atoms with Crippen LogP contribution in [0.1, 0.15) is 50.2 Å². The highest BCUT2D eigenvalue weighted by atomic mass is 32.2. The molecule has 1 N–H and O–H groups in total. The third-order valence-electron chi connectivity index (χ3n) is 7.49. The molecule has 0 bridgehead atoms. The van der Waals surface area contributed by atoms with Crippen LogP contribution in [0.15, 0.2) is 107 Å². The zero-order chi connectivity index (χ0) is 31.2. The van der Waals surface area contributed by atoms with Crippen molar-refractivity contribution < 1.29 is 14.3 Å². The standard InChI is InChI=1S/C34H32N6O3S2/c1-23-14-16-25(17-15-23)28-19-27(30-13-8-18-44-30)38-40(28)32(41)22-45-34-37-36-31(39(34)21-24-9-4-3-5-10-24)20-35-33(42)26-11-6-7-12-29(26)43-2/h3-18,28H,19-22H2,1-2H3,(H,35,42)/t28-/m0/s1. The smallest absolute Gasteiger partial charge is 0.255 e. The maximum absolute atomic E-state index is 13.8. The summed E-state index contributed by atoms with van der Waals surface area (Å²) in [5, 5.41) is 20.8. The number of aromatic nitrogens is 3. The Hall–Kier alpha value is -4.74. The Morgan fingerprint density at radius 1 is 0.978 bits per heavy atom. The van der Waals surface area contributed by atoms with Crippen molar-refractivity contribution in [2.75, 3.05) is 12.9 Å². The van der Waals surface area contributed by atoms with E-state index >= 15 is 0 Å². The topological polar surface area (TPSA) is 102 Å². The van der Waals surface area contributed by atoms with Crippen molar-refractivity contribution in [2.24, 2.45) is 5.10 Å². The number of para-hydroxylation sites is 1. The van der Waals surface area contributed by atoms with Gasteiger partial charge in [-0.05, 0) is 41.6 Å². The lowest BCUT2D eigenvalue weighted by Crippen LogP contribution is -2.28. The minimum absolute atomic E-state index is 0.114. The number of carbonyl (C=O) groups is 2. The Morgan fingerprint density at radius 2 is 1.76 bits per heavy atom. The van der Waals surface area contributed by atoms with Gasteiger partial charge in [0.2, 0.25) is 0 Å². The highest BCUT2D eigenvalue weighted by Crippen LogP contribution is 2.35. The summed E-state index contributed by atoms with van der Waals surface area (Å²) in [5.41, 5.74) is 4.61. The largest absolute Gasteiger partial charge is 0.496 e. The lowest BCUT2D eigenvalue weighted by atomic mass is 10.00. The van der Waals surface area contributed by atoms with Crippen LogP contribution in [-0.4, -0.2) is 50.2 Å². The summed E-state index contributed by atoms with van der Waals surface area (Å²) < 4.78 is 7.29. The maximum atomic E-state index is 13.8. The molecule has 3 aromatic carbocycles. The average molecular weight is 637 g/mol. The van der Waals surface area contributed by atoms with Crippen molar-refractivity contribution in [1.29, 1.82) is 0 Å². The fourth-order valence-corrected chi connectivity index (χ4v) is 6.67. The zero-order valence-corrected chi connectivity index (χ0v) is 26.6. The number of carbonyl (C=O) groups excluding carboxylic acids is 2. The van der Waals surface area contributed by atoms with Crippen molar-refractivity contribution in [2.45, 2.75) is 37.6 Å². The lowest BCUT2D eigenvalue weighted by Gasteiger charge is -2.22. The number of ether oxygens (including phenoxy) is 1. The molecular formula is C34H32N6O3S2. The van der Waals surface area contributed by atoms with E-state index in [9.17, 15) is 9.59 Å². The first-order chi connectivity index (χ1) is 22.0. The first-order valence-corrected chi connectivity index (χ1v) is 16.4. The first-order valence-electron chi connectivity index (χ1n) is 14.5. The second-order valence-corrected chi connectivity index (χ2v) is 12.4. The molecule has 0 spiro atoms. The van der Waals surface area contributed by atoms with Gasteiger partial charge in [0.15, 0.2) is 11.0 Å². The summed E-state index contributed by atoms with van der Waals surface area (Å²) in [6, 6.07) is 29.1. The van der Waals surface area contributed by atoms with E-state index in [1.165, 1.54) is 18.9 Å². The lowest BCUT2D eigenvalue weighted by molar-refractivity contribution is -0.130. The van der Waals surface area contributed by atoms with Crippen LogP contribution in [0, 0.1) is 6.92 Å². The van der Waals surface area contributed by atoms with Crippen LogP contribution in [0.5, 0.6) is 5.75 Å². The fraction of sp³-hybridized carbons (Fsp3) is 0.206. The molecule has 6 rings (SSSR count). The molecule has 0 radical (unpaired) electrons. The van der Waals surface area contributed by atoms with Gasteiger partial charge in [0, 0.05) is 6.42 Å². The highest BCUT2D eigenvalue weighted by Gasteiger charge is 2.33. The summed E-state index contributed by atoms with van der Waals surface area (Å²) >= 11 is 2.94. The molecule has 2 amide bonds. The number of aryl methyl sites for hydroxylation is 1. The maximum Gasteiger partial charge on any atom is 0.255 e. The van der Waals surface area contributed by atoms with Crippen molar-refractivity contribution in [3.63, 3.8) is 0 Å². The molecule has 3 heterocycles. The van der Waals surface area contributed by atoms with Gasteiger partial charge in [-0.1, -0.05) is 90.1 Å². The number of nitrogens with zero attached hydrogens (tertiary/aromatic N) is 5. The molecule has 0 unspecified atom stereocenters. The van der Waals surface area contributed by atoms with E-state index in [0.717, 1.165) is 27.3 Å². The Morgan fingerprint density at radius 3 is 2.51 bits per heavy atom. The summed E-state index contributed by atoms with van der Waals surface area (Å²) in [6.07, 6.45) is 0.653. The third-order valence-corrected chi connectivity index (χ3v) is 9.36. The van der Waals surface area contributed by atoms with Gasteiger partial charge in [0.25, 0.3) is 11.8 Å². The van der Waals surface area contributed by atoms with E-state index in [0.29, 0.717) is 35.3 Å². The molecule has 2 aromatic heterocycles. The molecule has 5 aromatic rings. The molecule has 0 aliphatic carbocycles. The molecule has 9 nitrogen and oxygen atoms in total. The van der Waals surface area contributed by atoms with E-state index in [1.807, 2.05) is 58.5 Å². The molecule has 45 heavy (non-hydrogen) atoms. The van der Waals surface area contributed by atoms with E-state index in [2.05, 4.69) is 46.7 Å². The van der Waals surface area contributed by atoms with Crippen LogP contribution in [0.2, 0.25) is 0 Å². The van der Waals surface area contributed by atoms with Crippen molar-refractivity contribution in [3.05, 3.63) is 129 Å². The van der Waals surface area contributed by atoms with Crippen LogP contribution in [0.4, 0.5) is 0 Å². The number of hydrogen-bond donors (Lipinski definition) is 1. The first kappa shape index (κ1) is 30.3. The van der Waals surface area contributed by atoms with E-state index in [4.69, 9.17) is 9.84 Å². The number of methoxy groups -OCH3 is 1. The van der Waals surface area contributed by atoms with Crippen molar-refractivity contribution in [3.8, 4) is 5.75 Å².